The van der Waals surface area contributed by atoms with Crippen molar-refractivity contribution in [2.45, 2.75) is 19.0 Å². The minimum absolute atomic E-state index is 0.102. The van der Waals surface area contributed by atoms with Crippen molar-refractivity contribution in [3.63, 3.8) is 0 Å². The van der Waals surface area contributed by atoms with Crippen molar-refractivity contribution in [3.05, 3.63) is 66.0 Å². The average molecular weight is 341 g/mol. The summed E-state index contributed by atoms with van der Waals surface area (Å²) in [6, 6.07) is 14.6. The number of benzene rings is 2. The van der Waals surface area contributed by atoms with Crippen molar-refractivity contribution < 1.29 is 14.0 Å². The maximum Gasteiger partial charge on any atom is 0.318 e. The molecule has 2 aromatic carbocycles. The third-order valence-electron chi connectivity index (χ3n) is 4.25. The predicted octanol–water partition coefficient (Wildman–Crippen LogP) is 2.77. The fourth-order valence-electron chi connectivity index (χ4n) is 2.87. The third-order valence-corrected chi connectivity index (χ3v) is 4.25. The number of hydrogen-bond acceptors (Lipinski definition) is 2. The van der Waals surface area contributed by atoms with Crippen molar-refractivity contribution in [1.82, 2.24) is 10.2 Å². The molecular formula is C19H20FN3O2. The summed E-state index contributed by atoms with van der Waals surface area (Å²) >= 11 is 0. The molecule has 0 saturated carbocycles. The van der Waals surface area contributed by atoms with Crippen LogP contribution in [-0.2, 0) is 11.3 Å². The van der Waals surface area contributed by atoms with E-state index in [1.54, 1.807) is 24.1 Å². The summed E-state index contributed by atoms with van der Waals surface area (Å²) in [7, 11) is 1.65. The summed E-state index contributed by atoms with van der Waals surface area (Å²) < 4.78 is 12.9. The maximum absolute atomic E-state index is 12.9. The van der Waals surface area contributed by atoms with Gasteiger partial charge in [0.1, 0.15) is 11.9 Å². The molecular weight excluding hydrogens is 321 g/mol. The van der Waals surface area contributed by atoms with E-state index in [2.05, 4.69) is 5.32 Å². The van der Waals surface area contributed by atoms with Gasteiger partial charge in [-0.25, -0.2) is 9.18 Å². The van der Waals surface area contributed by atoms with Crippen LogP contribution in [0, 0.1) is 5.82 Å². The van der Waals surface area contributed by atoms with E-state index in [-0.39, 0.29) is 17.8 Å². The lowest BCUT2D eigenvalue weighted by molar-refractivity contribution is -0.118. The topological polar surface area (TPSA) is 52.7 Å². The highest BCUT2D eigenvalue weighted by atomic mass is 19.1. The molecule has 0 spiro atoms. The number of halogens is 1. The summed E-state index contributed by atoms with van der Waals surface area (Å²) in [5, 5.41) is 2.78. The van der Waals surface area contributed by atoms with E-state index < -0.39 is 6.04 Å². The molecule has 1 atom stereocenters. The summed E-state index contributed by atoms with van der Waals surface area (Å²) in [6.07, 6.45) is 0.573. The van der Waals surface area contributed by atoms with Crippen molar-refractivity contribution in [3.8, 4) is 0 Å². The fourth-order valence-corrected chi connectivity index (χ4v) is 2.87. The Morgan fingerprint density at radius 2 is 1.88 bits per heavy atom. The Morgan fingerprint density at radius 3 is 2.56 bits per heavy atom. The highest BCUT2D eigenvalue weighted by molar-refractivity contribution is 6.01. The van der Waals surface area contributed by atoms with Crippen LogP contribution >= 0.6 is 0 Å². The number of carbonyl (C=O) groups is 2. The number of carbonyl (C=O) groups excluding carboxylic acids is 2. The van der Waals surface area contributed by atoms with Crippen LogP contribution in [0.15, 0.2) is 54.6 Å². The molecule has 0 radical (unpaired) electrons. The number of para-hydroxylation sites is 1. The van der Waals surface area contributed by atoms with Crippen LogP contribution < -0.4 is 10.2 Å². The first-order chi connectivity index (χ1) is 12.0. The van der Waals surface area contributed by atoms with E-state index in [4.69, 9.17) is 0 Å². The molecule has 3 amide bonds. The number of anilines is 1. The summed E-state index contributed by atoms with van der Waals surface area (Å²) in [4.78, 5) is 28.0. The van der Waals surface area contributed by atoms with Gasteiger partial charge in [-0.2, -0.15) is 0 Å². The minimum atomic E-state index is -0.525. The molecule has 0 unspecified atom stereocenters. The number of hydrogen-bond donors (Lipinski definition) is 1. The Balaban J connectivity index is 1.57. The Hall–Kier alpha value is -2.89. The normalized spacial score (nSPS) is 16.8. The number of amides is 3. The van der Waals surface area contributed by atoms with E-state index >= 15 is 0 Å². The van der Waals surface area contributed by atoms with E-state index in [9.17, 15) is 14.0 Å². The third kappa shape index (κ3) is 3.96. The lowest BCUT2D eigenvalue weighted by Crippen LogP contribution is -2.46. The molecule has 0 bridgehead atoms. The van der Waals surface area contributed by atoms with Crippen LogP contribution in [0.5, 0.6) is 0 Å². The Morgan fingerprint density at radius 1 is 1.20 bits per heavy atom. The molecule has 1 heterocycles. The van der Waals surface area contributed by atoms with Gasteiger partial charge in [-0.15, -0.1) is 0 Å². The highest BCUT2D eigenvalue weighted by Crippen LogP contribution is 2.21. The molecule has 1 fully saturated rings. The van der Waals surface area contributed by atoms with Gasteiger partial charge in [-0.1, -0.05) is 30.3 Å². The molecule has 130 valence electrons. The predicted molar refractivity (Wildman–Crippen MR) is 93.6 cm³/mol. The van der Waals surface area contributed by atoms with Crippen molar-refractivity contribution >= 4 is 17.6 Å². The molecule has 1 saturated heterocycles. The first-order valence-corrected chi connectivity index (χ1v) is 8.17. The van der Waals surface area contributed by atoms with Crippen LogP contribution in [0.4, 0.5) is 14.9 Å². The molecule has 25 heavy (non-hydrogen) atoms. The molecule has 6 heteroatoms. The summed E-state index contributed by atoms with van der Waals surface area (Å²) in [5.74, 6) is -0.414. The Kier molecular flexibility index (Phi) is 4.97. The molecule has 5 nitrogen and oxygen atoms in total. The second kappa shape index (κ2) is 7.34. The molecule has 0 aliphatic carbocycles. The van der Waals surface area contributed by atoms with Gasteiger partial charge in [0.2, 0.25) is 5.91 Å². The zero-order valence-corrected chi connectivity index (χ0v) is 14.0. The van der Waals surface area contributed by atoms with E-state index in [1.165, 1.54) is 17.0 Å². The first kappa shape index (κ1) is 17.0. The second-order valence-corrected chi connectivity index (χ2v) is 6.10. The number of nitrogens with zero attached hydrogens (tertiary/aromatic N) is 2. The highest BCUT2D eigenvalue weighted by Gasteiger charge is 2.34. The van der Waals surface area contributed by atoms with Gasteiger partial charge in [0.05, 0.1) is 0 Å². The zero-order chi connectivity index (χ0) is 17.8. The van der Waals surface area contributed by atoms with Gasteiger partial charge in [0.25, 0.3) is 0 Å². The van der Waals surface area contributed by atoms with Gasteiger partial charge >= 0.3 is 6.03 Å². The van der Waals surface area contributed by atoms with Crippen LogP contribution in [0.2, 0.25) is 0 Å². The van der Waals surface area contributed by atoms with Crippen LogP contribution in [0.1, 0.15) is 12.0 Å². The quantitative estimate of drug-likeness (QED) is 0.930. The van der Waals surface area contributed by atoms with E-state index in [1.807, 2.05) is 30.3 Å². The van der Waals surface area contributed by atoms with Gasteiger partial charge in [0, 0.05) is 25.8 Å². The van der Waals surface area contributed by atoms with Crippen LogP contribution in [0.3, 0.4) is 0 Å². The van der Waals surface area contributed by atoms with Crippen molar-refractivity contribution in [2.24, 2.45) is 0 Å². The lowest BCUT2D eigenvalue weighted by Gasteiger charge is -2.21. The standard InChI is InChI=1S/C19H20FN3O2/c1-22(13-14-7-9-15(20)10-8-14)19(25)21-17-11-12-23(18(17)24)16-5-3-2-4-6-16/h2-10,17H,11-13H2,1H3,(H,21,25)/t17-/m1/s1. The summed E-state index contributed by atoms with van der Waals surface area (Å²) in [5.41, 5.74) is 1.66. The fraction of sp³-hybridized carbons (Fsp3) is 0.263. The minimum Gasteiger partial charge on any atom is -0.326 e. The molecule has 2 aromatic rings. The molecule has 1 N–H and O–H groups in total. The average Bonchev–Trinajstić information content (AvgIpc) is 2.98. The van der Waals surface area contributed by atoms with Gasteiger partial charge in [0.15, 0.2) is 0 Å². The zero-order valence-electron chi connectivity index (χ0n) is 14.0. The van der Waals surface area contributed by atoms with Gasteiger partial charge < -0.3 is 15.1 Å². The second-order valence-electron chi connectivity index (χ2n) is 6.10. The van der Waals surface area contributed by atoms with Crippen molar-refractivity contribution in [2.75, 3.05) is 18.5 Å². The first-order valence-electron chi connectivity index (χ1n) is 8.17. The number of nitrogens with one attached hydrogen (secondary N) is 1. The molecule has 3 rings (SSSR count). The largest absolute Gasteiger partial charge is 0.326 e. The molecule has 0 aromatic heterocycles. The van der Waals surface area contributed by atoms with Crippen molar-refractivity contribution in [1.29, 1.82) is 0 Å². The van der Waals surface area contributed by atoms with Crippen LogP contribution in [-0.4, -0.2) is 36.5 Å². The Labute approximate surface area is 146 Å². The molecule has 1 aliphatic heterocycles. The number of rotatable bonds is 4. The lowest BCUT2D eigenvalue weighted by atomic mass is 10.2. The Bertz CT molecular complexity index is 749. The van der Waals surface area contributed by atoms with Gasteiger partial charge in [-0.05, 0) is 36.2 Å². The van der Waals surface area contributed by atoms with E-state index in [0.29, 0.717) is 19.5 Å². The summed E-state index contributed by atoms with van der Waals surface area (Å²) in [6.45, 7) is 0.922. The smallest absolute Gasteiger partial charge is 0.318 e. The SMILES string of the molecule is CN(Cc1ccc(F)cc1)C(=O)N[C@@H]1CCN(c2ccccc2)C1=O. The monoisotopic (exact) mass is 341 g/mol. The van der Waals surface area contributed by atoms with E-state index in [0.717, 1.165) is 11.3 Å². The van der Waals surface area contributed by atoms with Crippen LogP contribution in [0.25, 0.3) is 0 Å². The van der Waals surface area contributed by atoms with Gasteiger partial charge in [-0.3, -0.25) is 4.79 Å². The molecule has 1 aliphatic rings. The maximum atomic E-state index is 12.9. The number of urea groups is 1.